The van der Waals surface area contributed by atoms with Gasteiger partial charge in [0.25, 0.3) is 0 Å². The van der Waals surface area contributed by atoms with Crippen molar-refractivity contribution in [1.82, 2.24) is 25.5 Å². The minimum atomic E-state index is -0.893. The summed E-state index contributed by atoms with van der Waals surface area (Å²) in [5, 5.41) is 8.92. The maximum atomic E-state index is 14.7. The molecule has 0 bridgehead atoms. The summed E-state index contributed by atoms with van der Waals surface area (Å²) in [4.78, 5) is 54.0. The van der Waals surface area contributed by atoms with Crippen molar-refractivity contribution in [3.8, 4) is 11.1 Å². The number of nitrogens with two attached hydrogens (primary N) is 3. The Hall–Kier alpha value is -4.56. The summed E-state index contributed by atoms with van der Waals surface area (Å²) in [6, 6.07) is 22.2. The molecular formula is C44H53ClN8O3S. The Morgan fingerprint density at radius 1 is 0.895 bits per heavy atom. The van der Waals surface area contributed by atoms with Crippen LogP contribution in [0.2, 0.25) is 5.02 Å². The molecule has 300 valence electrons. The van der Waals surface area contributed by atoms with Gasteiger partial charge in [0.05, 0.1) is 11.1 Å². The van der Waals surface area contributed by atoms with E-state index in [1.165, 1.54) is 16.7 Å². The SMILES string of the molecule is CN1C(=O)[C@H](CCCCN)CC(=O)[C@H](CCCN)NCc2cccnc2Sc2c(Cl)ccc(-c3ccc(CN)cc3)c2CNC(=O)[C@@H]1Cc1c[nH]c2ccccc12. The number of rotatable bonds is 11. The average molecular weight is 809 g/mol. The highest BCUT2D eigenvalue weighted by Gasteiger charge is 2.34. The number of unbranched alkanes of at least 4 members (excludes halogenated alkanes) is 1. The molecule has 13 heteroatoms. The fourth-order valence-electron chi connectivity index (χ4n) is 7.54. The second kappa shape index (κ2) is 20.2. The number of hydrogen-bond donors (Lipinski definition) is 6. The topological polar surface area (TPSA) is 185 Å². The first-order chi connectivity index (χ1) is 27.7. The van der Waals surface area contributed by atoms with Crippen LogP contribution in [0.5, 0.6) is 0 Å². The molecule has 3 aromatic carbocycles. The quantitative estimate of drug-likeness (QED) is 0.0859. The van der Waals surface area contributed by atoms with E-state index in [0.29, 0.717) is 56.9 Å². The van der Waals surface area contributed by atoms with Crippen LogP contribution in [-0.2, 0) is 40.4 Å². The highest BCUT2D eigenvalue weighted by molar-refractivity contribution is 7.99. The predicted octanol–water partition coefficient (Wildman–Crippen LogP) is 6.09. The third kappa shape index (κ3) is 10.3. The van der Waals surface area contributed by atoms with Crippen LogP contribution in [0.1, 0.15) is 60.8 Å². The Morgan fingerprint density at radius 3 is 2.46 bits per heavy atom. The van der Waals surface area contributed by atoms with Gasteiger partial charge >= 0.3 is 0 Å². The number of benzene rings is 3. The molecule has 0 saturated heterocycles. The fourth-order valence-corrected chi connectivity index (χ4v) is 8.88. The zero-order valence-corrected chi connectivity index (χ0v) is 34.0. The maximum absolute atomic E-state index is 14.7. The van der Waals surface area contributed by atoms with E-state index >= 15 is 0 Å². The smallest absolute Gasteiger partial charge is 0.243 e. The average Bonchev–Trinajstić information content (AvgIpc) is 3.64. The lowest BCUT2D eigenvalue weighted by atomic mass is 9.90. The van der Waals surface area contributed by atoms with Gasteiger partial charge in [-0.15, -0.1) is 0 Å². The number of halogens is 1. The summed E-state index contributed by atoms with van der Waals surface area (Å²) in [6.45, 7) is 1.81. The number of Topliss-reactive ketones (excluding diaryl/α,β-unsaturated/α-hetero) is 1. The molecular weight excluding hydrogens is 756 g/mol. The summed E-state index contributed by atoms with van der Waals surface area (Å²) >= 11 is 8.47. The lowest BCUT2D eigenvalue weighted by molar-refractivity contribution is -0.143. The van der Waals surface area contributed by atoms with E-state index in [9.17, 15) is 14.4 Å². The summed E-state index contributed by atoms with van der Waals surface area (Å²) in [6.07, 6.45) is 6.93. The summed E-state index contributed by atoms with van der Waals surface area (Å²) in [5.41, 5.74) is 24.1. The van der Waals surface area contributed by atoms with E-state index in [-0.39, 0.29) is 37.0 Å². The predicted molar refractivity (Wildman–Crippen MR) is 228 cm³/mol. The number of H-pyrrole nitrogens is 1. The van der Waals surface area contributed by atoms with Gasteiger partial charge in [-0.25, -0.2) is 4.98 Å². The van der Waals surface area contributed by atoms with Crippen molar-refractivity contribution in [2.24, 2.45) is 23.1 Å². The number of hydrogen-bond acceptors (Lipinski definition) is 9. The number of ketones is 1. The van der Waals surface area contributed by atoms with Crippen LogP contribution in [0, 0.1) is 5.92 Å². The zero-order valence-electron chi connectivity index (χ0n) is 32.4. The summed E-state index contributed by atoms with van der Waals surface area (Å²) < 4.78 is 0. The molecule has 1 aliphatic heterocycles. The van der Waals surface area contributed by atoms with Gasteiger partial charge in [-0.1, -0.05) is 84.4 Å². The lowest BCUT2D eigenvalue weighted by Crippen LogP contribution is -2.51. The van der Waals surface area contributed by atoms with Crippen molar-refractivity contribution in [3.63, 3.8) is 0 Å². The van der Waals surface area contributed by atoms with Crippen LogP contribution in [0.15, 0.2) is 95.1 Å². The normalized spacial score (nSPS) is 18.6. The number of carbonyl (C=O) groups is 3. The fraction of sp³-hybridized carbons (Fsp3) is 0.364. The molecule has 0 radical (unpaired) electrons. The number of pyridine rings is 1. The van der Waals surface area contributed by atoms with Crippen LogP contribution in [0.25, 0.3) is 22.0 Å². The maximum Gasteiger partial charge on any atom is 0.243 e. The van der Waals surface area contributed by atoms with Crippen molar-refractivity contribution in [2.45, 2.75) is 86.6 Å². The Balaban J connectivity index is 1.47. The van der Waals surface area contributed by atoms with E-state index in [1.807, 2.05) is 79.0 Å². The number of nitrogens with zero attached hydrogens (tertiary/aromatic N) is 2. The molecule has 5 aromatic rings. The molecule has 2 amide bonds. The molecule has 2 aromatic heterocycles. The first-order valence-corrected chi connectivity index (χ1v) is 20.9. The van der Waals surface area contributed by atoms with Crippen LogP contribution < -0.4 is 27.8 Å². The van der Waals surface area contributed by atoms with Gasteiger partial charge in [0.2, 0.25) is 11.8 Å². The molecule has 0 saturated carbocycles. The summed E-state index contributed by atoms with van der Waals surface area (Å²) in [5.74, 6) is -1.29. The number of para-hydroxylation sites is 1. The van der Waals surface area contributed by atoms with Gasteiger partial charge in [-0.2, -0.15) is 0 Å². The number of amides is 2. The van der Waals surface area contributed by atoms with Gasteiger partial charge in [0, 0.05) is 73.6 Å². The highest BCUT2D eigenvalue weighted by atomic mass is 35.5. The molecule has 11 nitrogen and oxygen atoms in total. The Morgan fingerprint density at radius 2 is 1.68 bits per heavy atom. The second-order valence-corrected chi connectivity index (χ2v) is 16.0. The van der Waals surface area contributed by atoms with E-state index in [2.05, 4.69) is 15.6 Å². The number of aromatic nitrogens is 2. The van der Waals surface area contributed by atoms with Gasteiger partial charge in [0.15, 0.2) is 5.78 Å². The molecule has 0 fully saturated rings. The van der Waals surface area contributed by atoms with Crippen molar-refractivity contribution >= 4 is 51.9 Å². The number of carbonyl (C=O) groups excluding carboxylic acids is 3. The largest absolute Gasteiger partial charge is 0.361 e. The van der Waals surface area contributed by atoms with Crippen LogP contribution >= 0.6 is 23.4 Å². The van der Waals surface area contributed by atoms with E-state index in [4.69, 9.17) is 33.8 Å². The Labute approximate surface area is 343 Å². The van der Waals surface area contributed by atoms with Crippen molar-refractivity contribution in [1.29, 1.82) is 0 Å². The molecule has 6 rings (SSSR count). The number of likely N-dealkylation sites (N-methyl/N-ethyl adjacent to an activating group) is 1. The minimum Gasteiger partial charge on any atom is -0.361 e. The molecule has 0 unspecified atom stereocenters. The van der Waals surface area contributed by atoms with Crippen LogP contribution in [0.4, 0.5) is 0 Å². The molecule has 0 aliphatic carbocycles. The second-order valence-electron chi connectivity index (χ2n) is 14.6. The van der Waals surface area contributed by atoms with E-state index < -0.39 is 18.0 Å². The minimum absolute atomic E-state index is 0.0272. The molecule has 0 spiro atoms. The van der Waals surface area contributed by atoms with Gasteiger partial charge in [-0.05, 0) is 90.4 Å². The number of fused-ring (bicyclic) bond motifs is 3. The monoisotopic (exact) mass is 808 g/mol. The standard InChI is InChI=1S/C44H53ClN8O3S/c1-53-39(22-32-26-50-37-11-3-2-10-34(32)37)42(55)52-27-35-33(29-15-13-28(24-48)14-16-29)17-18-36(45)41(35)57-43-31(9-7-21-49-43)25-51-38(12-6-20-47)40(54)23-30(44(53)56)8-4-5-19-46/h2-3,7,9-11,13-18,21,26,30,38-39,50-51H,4-6,8,12,19-20,22-25,27,46-48H2,1H3,(H,52,55)/t30-,38+,39+/m1/s1. The third-order valence-corrected chi connectivity index (χ3v) is 12.5. The van der Waals surface area contributed by atoms with Crippen molar-refractivity contribution < 1.29 is 14.4 Å². The summed E-state index contributed by atoms with van der Waals surface area (Å²) in [7, 11) is 1.67. The first-order valence-electron chi connectivity index (χ1n) is 19.7. The first kappa shape index (κ1) is 42.1. The van der Waals surface area contributed by atoms with Gasteiger partial charge in [0.1, 0.15) is 11.1 Å². The van der Waals surface area contributed by atoms with Gasteiger partial charge < -0.3 is 37.7 Å². The molecule has 3 heterocycles. The van der Waals surface area contributed by atoms with Crippen molar-refractivity contribution in [3.05, 3.63) is 112 Å². The highest BCUT2D eigenvalue weighted by Crippen LogP contribution is 2.41. The third-order valence-electron chi connectivity index (χ3n) is 10.8. The number of aromatic amines is 1. The Kier molecular flexibility index (Phi) is 14.9. The van der Waals surface area contributed by atoms with E-state index in [0.717, 1.165) is 60.6 Å². The lowest BCUT2D eigenvalue weighted by Gasteiger charge is -2.31. The molecule has 57 heavy (non-hydrogen) atoms. The van der Waals surface area contributed by atoms with Crippen LogP contribution in [-0.4, -0.2) is 64.7 Å². The molecule has 1 aliphatic rings. The Bertz CT molecular complexity index is 2160. The molecule has 3 atom stereocenters. The molecule has 9 N–H and O–H groups in total. The zero-order chi connectivity index (χ0) is 40.3. The van der Waals surface area contributed by atoms with Gasteiger partial charge in [-0.3, -0.25) is 14.4 Å². The number of nitrogens with one attached hydrogen (secondary N) is 3. The van der Waals surface area contributed by atoms with Crippen molar-refractivity contribution in [2.75, 3.05) is 20.1 Å². The van der Waals surface area contributed by atoms with E-state index in [1.54, 1.807) is 13.2 Å². The van der Waals surface area contributed by atoms with Crippen LogP contribution in [0.3, 0.4) is 0 Å².